The van der Waals surface area contributed by atoms with Crippen LogP contribution >= 0.6 is 11.6 Å². The smallest absolute Gasteiger partial charge is 0.195 e. The van der Waals surface area contributed by atoms with Gasteiger partial charge >= 0.3 is 0 Å². The summed E-state index contributed by atoms with van der Waals surface area (Å²) in [6.45, 7) is 3.90. The lowest BCUT2D eigenvalue weighted by atomic mass is 10.0. The zero-order valence-electron chi connectivity index (χ0n) is 11.7. The Morgan fingerprint density at radius 3 is 2.47 bits per heavy atom. The molecule has 2 fully saturated rings. The molecule has 1 unspecified atom stereocenters. The van der Waals surface area contributed by atoms with E-state index in [0.717, 1.165) is 38.5 Å². The van der Waals surface area contributed by atoms with Crippen LogP contribution in [0.3, 0.4) is 0 Å². The molecular weight excluding hydrogens is 284 g/mol. The number of alkyl halides is 1. The summed E-state index contributed by atoms with van der Waals surface area (Å²) in [5, 5.41) is 0. The molecule has 112 valence electrons. The van der Waals surface area contributed by atoms with Crippen molar-refractivity contribution in [3.63, 3.8) is 0 Å². The Balaban J connectivity index is 2.13. The minimum Gasteiger partial charge on any atom is -0.195 e. The molecule has 1 heterocycles. The second kappa shape index (κ2) is 6.74. The van der Waals surface area contributed by atoms with Gasteiger partial charge in [-0.15, -0.1) is 11.6 Å². The Bertz CT molecular complexity index is 382. The van der Waals surface area contributed by atoms with Gasteiger partial charge in [0.15, 0.2) is 0 Å². The summed E-state index contributed by atoms with van der Waals surface area (Å²) >= 11 is 5.82. The van der Waals surface area contributed by atoms with Crippen LogP contribution < -0.4 is 0 Å². The van der Waals surface area contributed by atoms with Crippen molar-refractivity contribution in [1.29, 1.82) is 0 Å². The lowest BCUT2D eigenvalue weighted by molar-refractivity contribution is 0.243. The summed E-state index contributed by atoms with van der Waals surface area (Å²) in [6.07, 6.45) is 6.34. The predicted octanol–water partition coefficient (Wildman–Crippen LogP) is 2.45. The molecule has 1 atom stereocenters. The minimum atomic E-state index is -3.32. The molecule has 19 heavy (non-hydrogen) atoms. The van der Waals surface area contributed by atoms with E-state index in [-0.39, 0.29) is 6.04 Å². The molecule has 1 aliphatic heterocycles. The first-order chi connectivity index (χ1) is 9.05. The first kappa shape index (κ1) is 15.5. The highest BCUT2D eigenvalue weighted by Gasteiger charge is 2.37. The lowest BCUT2D eigenvalue weighted by Gasteiger charge is -2.36. The van der Waals surface area contributed by atoms with Gasteiger partial charge in [-0.1, -0.05) is 19.8 Å². The molecule has 0 radical (unpaired) electrons. The number of rotatable bonds is 5. The van der Waals surface area contributed by atoms with Gasteiger partial charge in [0, 0.05) is 31.6 Å². The molecule has 0 N–H and O–H groups in total. The molecule has 2 aliphatic rings. The summed E-state index contributed by atoms with van der Waals surface area (Å²) in [6, 6.07) is 0.168. The fraction of sp³-hybridized carbons (Fsp3) is 1.00. The molecular formula is C13H25ClN2O2S. The summed E-state index contributed by atoms with van der Waals surface area (Å²) in [7, 11) is -3.32. The highest BCUT2D eigenvalue weighted by molar-refractivity contribution is 7.86. The van der Waals surface area contributed by atoms with Gasteiger partial charge in [0.25, 0.3) is 10.2 Å². The van der Waals surface area contributed by atoms with E-state index in [0.29, 0.717) is 31.4 Å². The zero-order valence-corrected chi connectivity index (χ0v) is 13.3. The van der Waals surface area contributed by atoms with Crippen LogP contribution in [0.4, 0.5) is 0 Å². The van der Waals surface area contributed by atoms with Gasteiger partial charge in [-0.3, -0.25) is 0 Å². The molecule has 0 aromatic rings. The third-order valence-electron chi connectivity index (χ3n) is 4.28. The van der Waals surface area contributed by atoms with E-state index in [4.69, 9.17) is 11.6 Å². The van der Waals surface area contributed by atoms with Gasteiger partial charge < -0.3 is 0 Å². The predicted molar refractivity (Wildman–Crippen MR) is 78.6 cm³/mol. The largest absolute Gasteiger partial charge is 0.282 e. The van der Waals surface area contributed by atoms with E-state index in [9.17, 15) is 8.42 Å². The number of hydrogen-bond donors (Lipinski definition) is 0. The Labute approximate surface area is 122 Å². The zero-order chi connectivity index (χ0) is 13.9. The Hall–Kier alpha value is 0.160. The molecule has 1 saturated carbocycles. The number of piperidine rings is 1. The van der Waals surface area contributed by atoms with Crippen LogP contribution in [-0.4, -0.2) is 48.6 Å². The van der Waals surface area contributed by atoms with Gasteiger partial charge in [-0.25, -0.2) is 0 Å². The fourth-order valence-corrected chi connectivity index (χ4v) is 5.56. The molecule has 0 aromatic heterocycles. The van der Waals surface area contributed by atoms with Gasteiger partial charge in [0.2, 0.25) is 0 Å². The second-order valence-corrected chi connectivity index (χ2v) is 8.11. The van der Waals surface area contributed by atoms with Crippen molar-refractivity contribution in [3.8, 4) is 0 Å². The van der Waals surface area contributed by atoms with Crippen LogP contribution in [0.5, 0.6) is 0 Å². The Kier molecular flexibility index (Phi) is 5.52. The number of hydrogen-bond acceptors (Lipinski definition) is 2. The van der Waals surface area contributed by atoms with Crippen molar-refractivity contribution in [2.45, 2.75) is 51.5 Å². The quantitative estimate of drug-likeness (QED) is 0.732. The summed E-state index contributed by atoms with van der Waals surface area (Å²) in [5.41, 5.74) is 0. The molecule has 0 spiro atoms. The van der Waals surface area contributed by atoms with Crippen molar-refractivity contribution in [2.75, 3.05) is 25.5 Å². The van der Waals surface area contributed by atoms with E-state index >= 15 is 0 Å². The summed E-state index contributed by atoms with van der Waals surface area (Å²) in [4.78, 5) is 0. The van der Waals surface area contributed by atoms with Gasteiger partial charge in [0.1, 0.15) is 0 Å². The average molecular weight is 309 g/mol. The molecule has 4 nitrogen and oxygen atoms in total. The standard InChI is InChI=1S/C13H25ClN2O2S/c1-12-5-4-9-15(11-12)19(17,18)16(10-8-14)13-6-2-3-7-13/h12-13H,2-11H2,1H3. The van der Waals surface area contributed by atoms with Crippen molar-refractivity contribution in [2.24, 2.45) is 5.92 Å². The first-order valence-corrected chi connectivity index (χ1v) is 9.31. The van der Waals surface area contributed by atoms with E-state index in [1.165, 1.54) is 0 Å². The highest BCUT2D eigenvalue weighted by Crippen LogP contribution is 2.28. The fourth-order valence-electron chi connectivity index (χ4n) is 3.27. The van der Waals surface area contributed by atoms with Crippen molar-refractivity contribution in [3.05, 3.63) is 0 Å². The van der Waals surface area contributed by atoms with Gasteiger partial charge in [-0.2, -0.15) is 17.0 Å². The van der Waals surface area contributed by atoms with E-state index in [1.807, 2.05) is 0 Å². The van der Waals surface area contributed by atoms with E-state index < -0.39 is 10.2 Å². The maximum absolute atomic E-state index is 12.8. The molecule has 1 saturated heterocycles. The lowest BCUT2D eigenvalue weighted by Crippen LogP contribution is -2.51. The van der Waals surface area contributed by atoms with E-state index in [2.05, 4.69) is 6.92 Å². The third kappa shape index (κ3) is 3.63. The molecule has 0 amide bonds. The van der Waals surface area contributed by atoms with Gasteiger partial charge in [-0.05, 0) is 31.6 Å². The van der Waals surface area contributed by atoms with Crippen LogP contribution in [-0.2, 0) is 10.2 Å². The van der Waals surface area contributed by atoms with Crippen molar-refractivity contribution in [1.82, 2.24) is 8.61 Å². The van der Waals surface area contributed by atoms with Crippen LogP contribution in [0.15, 0.2) is 0 Å². The monoisotopic (exact) mass is 308 g/mol. The molecule has 6 heteroatoms. The normalized spacial score (nSPS) is 27.2. The van der Waals surface area contributed by atoms with Crippen LogP contribution in [0, 0.1) is 5.92 Å². The Morgan fingerprint density at radius 2 is 1.89 bits per heavy atom. The number of halogens is 1. The molecule has 0 aromatic carbocycles. The SMILES string of the molecule is CC1CCCN(S(=O)(=O)N(CCCl)C2CCCC2)C1. The van der Waals surface area contributed by atoms with Crippen molar-refractivity contribution < 1.29 is 8.42 Å². The van der Waals surface area contributed by atoms with Crippen LogP contribution in [0.25, 0.3) is 0 Å². The highest BCUT2D eigenvalue weighted by atomic mass is 35.5. The minimum absolute atomic E-state index is 0.168. The maximum Gasteiger partial charge on any atom is 0.282 e. The molecule has 0 bridgehead atoms. The Morgan fingerprint density at radius 1 is 1.21 bits per heavy atom. The van der Waals surface area contributed by atoms with Gasteiger partial charge in [0.05, 0.1) is 0 Å². The molecule has 2 rings (SSSR count). The van der Waals surface area contributed by atoms with Crippen LogP contribution in [0.1, 0.15) is 45.4 Å². The average Bonchev–Trinajstić information content (AvgIpc) is 2.89. The summed E-state index contributed by atoms with van der Waals surface area (Å²) in [5.74, 6) is 0.837. The maximum atomic E-state index is 12.8. The third-order valence-corrected chi connectivity index (χ3v) is 6.51. The topological polar surface area (TPSA) is 40.6 Å². The number of nitrogens with zero attached hydrogens (tertiary/aromatic N) is 2. The van der Waals surface area contributed by atoms with Crippen molar-refractivity contribution >= 4 is 21.8 Å². The second-order valence-electron chi connectivity index (χ2n) is 5.85. The van der Waals surface area contributed by atoms with E-state index in [1.54, 1.807) is 8.61 Å². The summed E-state index contributed by atoms with van der Waals surface area (Å²) < 4.78 is 28.9. The van der Waals surface area contributed by atoms with Crippen LogP contribution in [0.2, 0.25) is 0 Å². The first-order valence-electron chi connectivity index (χ1n) is 7.38. The molecule has 1 aliphatic carbocycles.